The molecule has 1 radical (unpaired) electrons. The van der Waals surface area contributed by atoms with E-state index in [9.17, 15) is 0 Å². The van der Waals surface area contributed by atoms with Crippen molar-refractivity contribution in [3.05, 3.63) is 6.23 Å². The van der Waals surface area contributed by atoms with Crippen LogP contribution in [0.2, 0.25) is 0 Å². The molecule has 1 rings (SSSR count). The van der Waals surface area contributed by atoms with E-state index >= 15 is 0 Å². The lowest BCUT2D eigenvalue weighted by molar-refractivity contribution is -0.0398. The molecule has 0 saturated carbocycles. The molecule has 0 atom stereocenters. The minimum Gasteiger partial charge on any atom is -0.374 e. The molecule has 0 bridgehead atoms. The lowest BCUT2D eigenvalue weighted by atomic mass is 10.5. The number of hydrogen-bond donors (Lipinski definition) is 1. The molecule has 0 aromatic heterocycles. The summed E-state index contributed by atoms with van der Waals surface area (Å²) in [5.74, 6) is 0. The van der Waals surface area contributed by atoms with Gasteiger partial charge in [-0.25, -0.2) is 0 Å². The molecule has 9 heavy (non-hydrogen) atoms. The zero-order chi connectivity index (χ0) is 6.53. The lowest BCUT2D eigenvalue weighted by Crippen LogP contribution is -2.33. The molecule has 3 heteroatoms. The first-order valence-electron chi connectivity index (χ1n) is 3.23. The molecule has 1 aliphatic heterocycles. The molecule has 1 heterocycles. The molecular formula is C6H12NO2. The zero-order valence-electron chi connectivity index (χ0n) is 5.64. The van der Waals surface area contributed by atoms with Gasteiger partial charge in [0.05, 0.1) is 19.8 Å². The maximum absolute atomic E-state index is 5.20. The van der Waals surface area contributed by atoms with Gasteiger partial charge in [-0.2, -0.15) is 0 Å². The van der Waals surface area contributed by atoms with Gasteiger partial charge in [0.25, 0.3) is 0 Å². The summed E-state index contributed by atoms with van der Waals surface area (Å²) in [7, 11) is 0. The molecule has 0 aromatic carbocycles. The van der Waals surface area contributed by atoms with Gasteiger partial charge >= 0.3 is 0 Å². The van der Waals surface area contributed by atoms with E-state index in [-0.39, 0.29) is 0 Å². The molecule has 1 N–H and O–H groups in total. The molecule has 0 spiro atoms. The van der Waals surface area contributed by atoms with Crippen molar-refractivity contribution in [1.29, 1.82) is 0 Å². The van der Waals surface area contributed by atoms with Crippen molar-refractivity contribution in [3.63, 3.8) is 0 Å². The van der Waals surface area contributed by atoms with E-state index in [4.69, 9.17) is 9.47 Å². The molecule has 1 saturated heterocycles. The summed E-state index contributed by atoms with van der Waals surface area (Å²) < 4.78 is 10.3. The fourth-order valence-corrected chi connectivity index (χ4v) is 0.730. The van der Waals surface area contributed by atoms with Gasteiger partial charge < -0.3 is 9.47 Å². The van der Waals surface area contributed by atoms with Gasteiger partial charge in [-0.05, 0) is 6.54 Å². The molecule has 0 unspecified atom stereocenters. The minimum atomic E-state index is 0.605. The summed E-state index contributed by atoms with van der Waals surface area (Å²) in [6.07, 6.45) is 0.865. The Hall–Kier alpha value is -0.120. The predicted octanol–water partition coefficient (Wildman–Crippen LogP) is 0.132. The second-order valence-electron chi connectivity index (χ2n) is 1.85. The Kier molecular flexibility index (Phi) is 2.97. The lowest BCUT2D eigenvalue weighted by Gasteiger charge is -2.21. The Morgan fingerprint density at radius 3 is 3.00 bits per heavy atom. The first kappa shape index (κ1) is 6.99. The molecule has 0 aromatic rings. The highest BCUT2D eigenvalue weighted by Gasteiger charge is 2.12. The normalized spacial score (nSPS) is 22.3. The summed E-state index contributed by atoms with van der Waals surface area (Å²) in [6, 6.07) is 0. The van der Waals surface area contributed by atoms with E-state index in [0.29, 0.717) is 13.2 Å². The van der Waals surface area contributed by atoms with Gasteiger partial charge in [-0.3, -0.25) is 5.32 Å². The van der Waals surface area contributed by atoms with Gasteiger partial charge in [0.2, 0.25) is 0 Å². The Morgan fingerprint density at radius 1 is 1.56 bits per heavy atom. The molecular weight excluding hydrogens is 118 g/mol. The van der Waals surface area contributed by atoms with Crippen LogP contribution < -0.4 is 5.32 Å². The van der Waals surface area contributed by atoms with Crippen LogP contribution in [0.25, 0.3) is 0 Å². The van der Waals surface area contributed by atoms with E-state index in [2.05, 4.69) is 5.32 Å². The second kappa shape index (κ2) is 3.82. The standard InChI is InChI=1S/C6H12NO2/c1-2-7-6-5-8-3-4-9-6/h7H,2-5H2,1H3. The van der Waals surface area contributed by atoms with Crippen LogP contribution in [0.5, 0.6) is 0 Å². The Balaban J connectivity index is 2.08. The fraction of sp³-hybridized carbons (Fsp3) is 0.833. The summed E-state index contributed by atoms with van der Waals surface area (Å²) in [5, 5.41) is 3.05. The highest BCUT2D eigenvalue weighted by molar-refractivity contribution is 4.75. The van der Waals surface area contributed by atoms with Crippen molar-refractivity contribution in [2.24, 2.45) is 0 Å². The SMILES string of the molecule is CCN[C]1COCCO1. The van der Waals surface area contributed by atoms with Gasteiger partial charge in [0.15, 0.2) is 6.23 Å². The van der Waals surface area contributed by atoms with Crippen molar-refractivity contribution in [1.82, 2.24) is 5.32 Å². The van der Waals surface area contributed by atoms with Crippen LogP contribution in [0.15, 0.2) is 0 Å². The van der Waals surface area contributed by atoms with Crippen molar-refractivity contribution >= 4 is 0 Å². The number of nitrogens with one attached hydrogen (secondary N) is 1. The van der Waals surface area contributed by atoms with E-state index in [1.54, 1.807) is 0 Å². The van der Waals surface area contributed by atoms with Crippen LogP contribution in [0, 0.1) is 6.23 Å². The first-order chi connectivity index (χ1) is 4.43. The van der Waals surface area contributed by atoms with Crippen LogP contribution in [-0.2, 0) is 9.47 Å². The molecule has 53 valence electrons. The highest BCUT2D eigenvalue weighted by atomic mass is 16.6. The summed E-state index contributed by atoms with van der Waals surface area (Å²) in [4.78, 5) is 0. The van der Waals surface area contributed by atoms with Crippen molar-refractivity contribution < 1.29 is 9.47 Å². The third-order valence-corrected chi connectivity index (χ3v) is 1.11. The summed E-state index contributed by atoms with van der Waals surface area (Å²) in [5.41, 5.74) is 0. The third kappa shape index (κ3) is 2.30. The van der Waals surface area contributed by atoms with Crippen molar-refractivity contribution in [2.45, 2.75) is 6.92 Å². The number of rotatable bonds is 2. The number of hydrogen-bond acceptors (Lipinski definition) is 3. The van der Waals surface area contributed by atoms with Crippen LogP contribution in [0.1, 0.15) is 6.92 Å². The van der Waals surface area contributed by atoms with Crippen molar-refractivity contribution in [2.75, 3.05) is 26.4 Å². The molecule has 0 amide bonds. The van der Waals surface area contributed by atoms with E-state index in [1.165, 1.54) is 0 Å². The molecule has 0 aliphatic carbocycles. The van der Waals surface area contributed by atoms with Crippen molar-refractivity contribution in [3.8, 4) is 0 Å². The van der Waals surface area contributed by atoms with Crippen LogP contribution in [0.3, 0.4) is 0 Å². The van der Waals surface area contributed by atoms with E-state index in [1.807, 2.05) is 6.92 Å². The predicted molar refractivity (Wildman–Crippen MR) is 33.7 cm³/mol. The third-order valence-electron chi connectivity index (χ3n) is 1.11. The first-order valence-corrected chi connectivity index (χ1v) is 3.23. The Bertz CT molecular complexity index is 68.7. The average Bonchev–Trinajstić information content (AvgIpc) is 1.91. The fourth-order valence-electron chi connectivity index (χ4n) is 0.730. The van der Waals surface area contributed by atoms with Crippen LogP contribution >= 0.6 is 0 Å². The van der Waals surface area contributed by atoms with Gasteiger partial charge in [0.1, 0.15) is 0 Å². The monoisotopic (exact) mass is 130 g/mol. The van der Waals surface area contributed by atoms with Gasteiger partial charge in [0, 0.05) is 0 Å². The van der Waals surface area contributed by atoms with Gasteiger partial charge in [-0.15, -0.1) is 0 Å². The van der Waals surface area contributed by atoms with E-state index < -0.39 is 0 Å². The average molecular weight is 130 g/mol. The quantitative estimate of drug-likeness (QED) is 0.576. The largest absolute Gasteiger partial charge is 0.374 e. The molecule has 1 fully saturated rings. The topological polar surface area (TPSA) is 30.5 Å². The minimum absolute atomic E-state index is 0.605. The molecule has 1 aliphatic rings. The second-order valence-corrected chi connectivity index (χ2v) is 1.85. The number of likely N-dealkylation sites (N-methyl/N-ethyl adjacent to an activating group) is 1. The zero-order valence-corrected chi connectivity index (χ0v) is 5.64. The Labute approximate surface area is 55.3 Å². The number of ether oxygens (including phenoxy) is 2. The maximum atomic E-state index is 5.20. The Morgan fingerprint density at radius 2 is 2.44 bits per heavy atom. The van der Waals surface area contributed by atoms with Crippen LogP contribution in [-0.4, -0.2) is 26.4 Å². The van der Waals surface area contributed by atoms with Crippen LogP contribution in [0.4, 0.5) is 0 Å². The maximum Gasteiger partial charge on any atom is 0.187 e. The summed E-state index contributed by atoms with van der Waals surface area (Å²) >= 11 is 0. The van der Waals surface area contributed by atoms with Gasteiger partial charge in [-0.1, -0.05) is 6.92 Å². The molecule has 3 nitrogen and oxygen atoms in total. The van der Waals surface area contributed by atoms with E-state index in [0.717, 1.165) is 19.4 Å². The smallest absolute Gasteiger partial charge is 0.187 e. The highest BCUT2D eigenvalue weighted by Crippen LogP contribution is 2.03. The summed E-state index contributed by atoms with van der Waals surface area (Å²) in [6.45, 7) is 4.94.